The number of aliphatic hydroxyl groups is 3. The summed E-state index contributed by atoms with van der Waals surface area (Å²) in [5.41, 5.74) is 15.5. The fraction of sp³-hybridized carbons (Fsp3) is 0.857. The molecule has 0 amide bonds. The van der Waals surface area contributed by atoms with Gasteiger partial charge in [0, 0.05) is 6.54 Å². The smallest absolute Gasteiger partial charge is 0.186 e. The highest BCUT2D eigenvalue weighted by Gasteiger charge is 2.43. The maximum absolute atomic E-state index is 9.59. The number of aliphatic hydroxyl groups excluding tert-OH is 3. The normalized spacial score (nSPS) is 41.2. The molecule has 5 atom stereocenters. The highest BCUT2D eigenvalue weighted by atomic mass is 16.6. The molecule has 1 fully saturated rings. The summed E-state index contributed by atoms with van der Waals surface area (Å²) in [6.45, 7) is -0.0240. The van der Waals surface area contributed by atoms with Crippen LogP contribution in [0.1, 0.15) is 0 Å². The van der Waals surface area contributed by atoms with Crippen molar-refractivity contribution in [3.8, 4) is 0 Å². The molecule has 1 aliphatic heterocycles. The molecule has 0 aromatic rings. The topological polar surface area (TPSA) is 160 Å². The van der Waals surface area contributed by atoms with Crippen LogP contribution < -0.4 is 17.2 Å². The van der Waals surface area contributed by atoms with Gasteiger partial charge in [-0.15, -0.1) is 0 Å². The van der Waals surface area contributed by atoms with Gasteiger partial charge in [0.05, 0.1) is 0 Å². The summed E-state index contributed by atoms with van der Waals surface area (Å²) < 4.78 is 4.93. The molecule has 9 N–H and O–H groups in total. The maximum Gasteiger partial charge on any atom is 0.186 e. The highest BCUT2D eigenvalue weighted by molar-refractivity contribution is 5.75. The van der Waals surface area contributed by atoms with E-state index in [9.17, 15) is 15.3 Å². The van der Waals surface area contributed by atoms with Crippen molar-refractivity contribution >= 4 is 5.96 Å². The number of rotatable bonds is 2. The lowest BCUT2D eigenvalue weighted by Crippen LogP contribution is -2.59. The van der Waals surface area contributed by atoms with Crippen molar-refractivity contribution in [2.75, 3.05) is 6.54 Å². The summed E-state index contributed by atoms with van der Waals surface area (Å²) in [5, 5.41) is 28.6. The van der Waals surface area contributed by atoms with Crippen LogP contribution in [0.15, 0.2) is 4.99 Å². The third-order valence-electron chi connectivity index (χ3n) is 2.22. The Bertz CT molecular complexity index is 245. The highest BCUT2D eigenvalue weighted by Crippen LogP contribution is 2.21. The lowest BCUT2D eigenvalue weighted by atomic mass is 9.97. The van der Waals surface area contributed by atoms with Gasteiger partial charge < -0.3 is 37.3 Å². The average molecular weight is 220 g/mol. The van der Waals surface area contributed by atoms with Gasteiger partial charge in [0.15, 0.2) is 12.2 Å². The van der Waals surface area contributed by atoms with E-state index in [2.05, 4.69) is 4.99 Å². The molecule has 1 aliphatic rings. The second-order valence-electron chi connectivity index (χ2n) is 3.33. The van der Waals surface area contributed by atoms with Crippen LogP contribution in [0.2, 0.25) is 0 Å². The van der Waals surface area contributed by atoms with Gasteiger partial charge in [-0.05, 0) is 0 Å². The quantitative estimate of drug-likeness (QED) is 0.204. The molecule has 8 heteroatoms. The monoisotopic (exact) mass is 220 g/mol. The van der Waals surface area contributed by atoms with E-state index in [1.807, 2.05) is 0 Å². The zero-order valence-corrected chi connectivity index (χ0v) is 8.02. The second-order valence-corrected chi connectivity index (χ2v) is 3.33. The molecule has 0 saturated carbocycles. The number of nitrogens with zero attached hydrogens (tertiary/aromatic N) is 1. The molecule has 1 heterocycles. The van der Waals surface area contributed by atoms with E-state index < -0.39 is 30.6 Å². The molecule has 1 saturated heterocycles. The summed E-state index contributed by atoms with van der Waals surface area (Å²) in [6, 6.07) is -1.10. The van der Waals surface area contributed by atoms with E-state index in [-0.39, 0.29) is 12.5 Å². The van der Waals surface area contributed by atoms with Gasteiger partial charge in [-0.2, -0.15) is 0 Å². The van der Waals surface area contributed by atoms with Crippen molar-refractivity contribution in [2.24, 2.45) is 22.2 Å². The third kappa shape index (κ3) is 2.55. The molecule has 88 valence electrons. The van der Waals surface area contributed by atoms with Crippen LogP contribution in [0, 0.1) is 0 Å². The molecule has 0 bridgehead atoms. The minimum absolute atomic E-state index is 0.0240. The van der Waals surface area contributed by atoms with Crippen molar-refractivity contribution in [3.63, 3.8) is 0 Å². The SMILES string of the molecule is NCC1OC(O)[C@H](N=C(N)N)C(O)C1O. The average Bonchev–Trinajstić information content (AvgIpc) is 2.18. The first-order valence-electron chi connectivity index (χ1n) is 4.45. The number of guanidine groups is 1. The van der Waals surface area contributed by atoms with Gasteiger partial charge in [-0.1, -0.05) is 0 Å². The second kappa shape index (κ2) is 4.73. The van der Waals surface area contributed by atoms with Crippen molar-refractivity contribution < 1.29 is 20.1 Å². The zero-order chi connectivity index (χ0) is 11.6. The first kappa shape index (κ1) is 12.1. The summed E-state index contributed by atoms with van der Waals surface area (Å²) in [7, 11) is 0. The number of nitrogens with two attached hydrogens (primary N) is 3. The van der Waals surface area contributed by atoms with E-state index in [0.29, 0.717) is 0 Å². The molecule has 15 heavy (non-hydrogen) atoms. The van der Waals surface area contributed by atoms with Crippen LogP contribution in [-0.4, -0.2) is 58.5 Å². The first-order valence-corrected chi connectivity index (χ1v) is 4.45. The molecule has 0 radical (unpaired) electrons. The Hall–Kier alpha value is -0.930. The number of hydrogen-bond acceptors (Lipinski definition) is 6. The van der Waals surface area contributed by atoms with E-state index >= 15 is 0 Å². The van der Waals surface area contributed by atoms with Crippen LogP contribution in [0.3, 0.4) is 0 Å². The Morgan fingerprint density at radius 2 is 1.80 bits per heavy atom. The fourth-order valence-electron chi connectivity index (χ4n) is 1.44. The van der Waals surface area contributed by atoms with Crippen molar-refractivity contribution in [1.82, 2.24) is 0 Å². The summed E-state index contributed by atoms with van der Waals surface area (Å²) in [5.74, 6) is -0.305. The standard InChI is InChI=1S/C7H16N4O4/c8-1-2-4(12)5(13)3(6(14)15-2)11-7(9)10/h2-6,12-14H,1,8H2,(H4,9,10,11)/t2?,3-,4?,5?,6?/m1/s1. The Morgan fingerprint density at radius 3 is 2.27 bits per heavy atom. The molecular weight excluding hydrogens is 204 g/mol. The van der Waals surface area contributed by atoms with E-state index in [1.165, 1.54) is 0 Å². The first-order chi connectivity index (χ1) is 6.97. The van der Waals surface area contributed by atoms with Crippen LogP contribution in [-0.2, 0) is 4.74 Å². The molecule has 1 rings (SSSR count). The Labute approximate surface area is 86.3 Å². The van der Waals surface area contributed by atoms with Crippen LogP contribution in [0.4, 0.5) is 0 Å². The van der Waals surface area contributed by atoms with E-state index in [0.717, 1.165) is 0 Å². The third-order valence-corrected chi connectivity index (χ3v) is 2.22. The van der Waals surface area contributed by atoms with E-state index in [1.54, 1.807) is 0 Å². The fourth-order valence-corrected chi connectivity index (χ4v) is 1.44. The maximum atomic E-state index is 9.59. The van der Waals surface area contributed by atoms with Gasteiger partial charge in [0.25, 0.3) is 0 Å². The Morgan fingerprint density at radius 1 is 1.20 bits per heavy atom. The van der Waals surface area contributed by atoms with Crippen LogP contribution >= 0.6 is 0 Å². The summed E-state index contributed by atoms with van der Waals surface area (Å²) in [4.78, 5) is 3.56. The lowest BCUT2D eigenvalue weighted by Gasteiger charge is -2.38. The van der Waals surface area contributed by atoms with Crippen molar-refractivity contribution in [2.45, 2.75) is 30.6 Å². The Kier molecular flexibility index (Phi) is 3.83. The molecule has 0 aromatic carbocycles. The molecule has 4 unspecified atom stereocenters. The lowest BCUT2D eigenvalue weighted by molar-refractivity contribution is -0.238. The van der Waals surface area contributed by atoms with Gasteiger partial charge in [-0.3, -0.25) is 0 Å². The molecular formula is C7H16N4O4. The largest absolute Gasteiger partial charge is 0.388 e. The predicted octanol–water partition coefficient (Wildman–Crippen LogP) is -3.97. The van der Waals surface area contributed by atoms with Crippen molar-refractivity contribution in [1.29, 1.82) is 0 Å². The van der Waals surface area contributed by atoms with Gasteiger partial charge >= 0.3 is 0 Å². The van der Waals surface area contributed by atoms with Crippen molar-refractivity contribution in [3.05, 3.63) is 0 Å². The van der Waals surface area contributed by atoms with Crippen LogP contribution in [0.25, 0.3) is 0 Å². The summed E-state index contributed by atoms with van der Waals surface area (Å²) >= 11 is 0. The molecule has 8 nitrogen and oxygen atoms in total. The summed E-state index contributed by atoms with van der Waals surface area (Å²) in [6.07, 6.45) is -4.77. The number of aliphatic imine (C=N–C) groups is 1. The van der Waals surface area contributed by atoms with Gasteiger partial charge in [0.2, 0.25) is 0 Å². The van der Waals surface area contributed by atoms with Gasteiger partial charge in [0.1, 0.15) is 24.4 Å². The van der Waals surface area contributed by atoms with E-state index in [4.69, 9.17) is 21.9 Å². The van der Waals surface area contributed by atoms with Crippen LogP contribution in [0.5, 0.6) is 0 Å². The minimum Gasteiger partial charge on any atom is -0.388 e. The van der Waals surface area contributed by atoms with Gasteiger partial charge in [-0.25, -0.2) is 4.99 Å². The Balaban J connectivity index is 2.79. The molecule has 0 aromatic heterocycles. The molecule has 0 spiro atoms. The number of hydrogen-bond donors (Lipinski definition) is 6. The minimum atomic E-state index is -1.39. The molecule has 0 aliphatic carbocycles. The number of ether oxygens (including phenoxy) is 1. The zero-order valence-electron chi connectivity index (χ0n) is 8.02. The predicted molar refractivity (Wildman–Crippen MR) is 51.5 cm³/mol.